The van der Waals surface area contributed by atoms with Crippen molar-refractivity contribution < 1.29 is 9.90 Å². The second-order valence-corrected chi connectivity index (χ2v) is 6.32. The molecule has 5 nitrogen and oxygen atoms in total. The highest BCUT2D eigenvalue weighted by molar-refractivity contribution is 5.78. The number of amides is 1. The largest absolute Gasteiger partial charge is 0.395 e. The number of rotatable bonds is 6. The number of β-amino-alcohol motifs (C(OH)–C–C–N with tert-alkyl or cyclic N) is 1. The van der Waals surface area contributed by atoms with Crippen LogP contribution in [-0.2, 0) is 4.79 Å². The molecule has 1 unspecified atom stereocenters. The van der Waals surface area contributed by atoms with Gasteiger partial charge >= 0.3 is 0 Å². The molecular weight excluding hydrogens is 254 g/mol. The summed E-state index contributed by atoms with van der Waals surface area (Å²) in [5.74, 6) is 0.916. The lowest BCUT2D eigenvalue weighted by molar-refractivity contribution is -0.131. The molecule has 2 aliphatic rings. The van der Waals surface area contributed by atoms with E-state index in [0.717, 1.165) is 52.1 Å². The SMILES string of the molecule is CN(CC(=O)N1CCCC1)CC1CCCN(CCO)C1. The Bertz CT molecular complexity index is 303. The van der Waals surface area contributed by atoms with Gasteiger partial charge in [0.25, 0.3) is 0 Å². The minimum atomic E-state index is 0.246. The number of aliphatic hydroxyl groups excluding tert-OH is 1. The first-order valence-electron chi connectivity index (χ1n) is 7.98. The summed E-state index contributed by atoms with van der Waals surface area (Å²) in [4.78, 5) is 18.6. The molecule has 1 amide bonds. The van der Waals surface area contributed by atoms with Gasteiger partial charge in [-0.25, -0.2) is 0 Å². The first-order valence-corrected chi connectivity index (χ1v) is 7.98. The normalized spacial score (nSPS) is 24.6. The van der Waals surface area contributed by atoms with E-state index in [0.29, 0.717) is 12.5 Å². The summed E-state index contributed by atoms with van der Waals surface area (Å²) in [7, 11) is 2.05. The maximum atomic E-state index is 12.1. The van der Waals surface area contributed by atoms with Crippen molar-refractivity contribution in [3.05, 3.63) is 0 Å². The van der Waals surface area contributed by atoms with E-state index in [2.05, 4.69) is 16.8 Å². The van der Waals surface area contributed by atoms with Gasteiger partial charge in [-0.1, -0.05) is 0 Å². The zero-order valence-electron chi connectivity index (χ0n) is 12.8. The van der Waals surface area contributed by atoms with Crippen LogP contribution in [0.2, 0.25) is 0 Å². The lowest BCUT2D eigenvalue weighted by atomic mass is 9.97. The van der Waals surface area contributed by atoms with Crippen molar-refractivity contribution in [3.63, 3.8) is 0 Å². The zero-order chi connectivity index (χ0) is 14.4. The van der Waals surface area contributed by atoms with Crippen LogP contribution >= 0.6 is 0 Å². The molecule has 0 saturated carbocycles. The van der Waals surface area contributed by atoms with E-state index in [1.807, 2.05) is 4.90 Å². The molecule has 0 spiro atoms. The highest BCUT2D eigenvalue weighted by atomic mass is 16.3. The third kappa shape index (κ3) is 4.72. The van der Waals surface area contributed by atoms with Crippen molar-refractivity contribution in [3.8, 4) is 0 Å². The molecule has 2 rings (SSSR count). The molecule has 2 heterocycles. The van der Waals surface area contributed by atoms with Crippen molar-refractivity contribution in [1.82, 2.24) is 14.7 Å². The van der Waals surface area contributed by atoms with Crippen LogP contribution in [0.5, 0.6) is 0 Å². The molecule has 0 bridgehead atoms. The van der Waals surface area contributed by atoms with E-state index in [9.17, 15) is 4.79 Å². The lowest BCUT2D eigenvalue weighted by Gasteiger charge is -2.34. The lowest BCUT2D eigenvalue weighted by Crippen LogP contribution is -2.43. The summed E-state index contributed by atoms with van der Waals surface area (Å²) in [6.07, 6.45) is 4.77. The molecule has 2 aliphatic heterocycles. The minimum Gasteiger partial charge on any atom is -0.395 e. The fourth-order valence-corrected chi connectivity index (χ4v) is 3.45. The Balaban J connectivity index is 1.70. The van der Waals surface area contributed by atoms with Gasteiger partial charge in [-0.2, -0.15) is 0 Å². The summed E-state index contributed by atoms with van der Waals surface area (Å²) in [6.45, 7) is 6.62. The molecule has 0 aromatic heterocycles. The van der Waals surface area contributed by atoms with E-state index in [4.69, 9.17) is 5.11 Å². The molecule has 5 heteroatoms. The van der Waals surface area contributed by atoms with Crippen molar-refractivity contribution >= 4 is 5.91 Å². The number of carbonyl (C=O) groups excluding carboxylic acids is 1. The average molecular weight is 283 g/mol. The highest BCUT2D eigenvalue weighted by Crippen LogP contribution is 2.17. The van der Waals surface area contributed by atoms with Gasteiger partial charge in [0.2, 0.25) is 5.91 Å². The quantitative estimate of drug-likeness (QED) is 0.759. The first kappa shape index (κ1) is 15.7. The van der Waals surface area contributed by atoms with Gasteiger partial charge in [0.05, 0.1) is 13.2 Å². The van der Waals surface area contributed by atoms with Crippen LogP contribution in [0.3, 0.4) is 0 Å². The molecule has 0 aromatic carbocycles. The average Bonchev–Trinajstić information content (AvgIpc) is 2.93. The Kier molecular flexibility index (Phi) is 6.26. The van der Waals surface area contributed by atoms with Gasteiger partial charge < -0.3 is 14.9 Å². The Morgan fingerprint density at radius 3 is 2.70 bits per heavy atom. The third-order valence-corrected chi connectivity index (χ3v) is 4.45. The second kappa shape index (κ2) is 7.96. The molecule has 20 heavy (non-hydrogen) atoms. The summed E-state index contributed by atoms with van der Waals surface area (Å²) in [5.41, 5.74) is 0. The predicted octanol–water partition coefficient (Wildman–Crippen LogP) is 0.245. The zero-order valence-corrected chi connectivity index (χ0v) is 12.8. The van der Waals surface area contributed by atoms with Gasteiger partial charge in [0, 0.05) is 32.7 Å². The Morgan fingerprint density at radius 1 is 1.25 bits per heavy atom. The van der Waals surface area contributed by atoms with Crippen LogP contribution in [0.4, 0.5) is 0 Å². The fraction of sp³-hybridized carbons (Fsp3) is 0.933. The standard InChI is InChI=1S/C15H29N3O2/c1-16(13-15(20)18-7-2-3-8-18)11-14-5-4-6-17(12-14)9-10-19/h14,19H,2-13H2,1H3. The number of carbonyl (C=O) groups is 1. The van der Waals surface area contributed by atoms with Crippen LogP contribution in [0, 0.1) is 5.92 Å². The number of likely N-dealkylation sites (N-methyl/N-ethyl adjacent to an activating group) is 1. The van der Waals surface area contributed by atoms with Gasteiger partial charge in [0.1, 0.15) is 0 Å². The summed E-state index contributed by atoms with van der Waals surface area (Å²) < 4.78 is 0. The predicted molar refractivity (Wildman–Crippen MR) is 79.6 cm³/mol. The summed E-state index contributed by atoms with van der Waals surface area (Å²) in [5, 5.41) is 9.02. The molecular formula is C15H29N3O2. The molecule has 116 valence electrons. The summed E-state index contributed by atoms with van der Waals surface area (Å²) in [6, 6.07) is 0. The number of likely N-dealkylation sites (tertiary alicyclic amines) is 2. The molecule has 0 aromatic rings. The molecule has 1 N–H and O–H groups in total. The highest BCUT2D eigenvalue weighted by Gasteiger charge is 2.23. The Morgan fingerprint density at radius 2 is 2.00 bits per heavy atom. The minimum absolute atomic E-state index is 0.246. The van der Waals surface area contributed by atoms with Crippen molar-refractivity contribution in [2.45, 2.75) is 25.7 Å². The van der Waals surface area contributed by atoms with Gasteiger partial charge in [-0.15, -0.1) is 0 Å². The Labute approximate surface area is 122 Å². The molecule has 0 radical (unpaired) electrons. The van der Waals surface area contributed by atoms with Crippen molar-refractivity contribution in [1.29, 1.82) is 0 Å². The smallest absolute Gasteiger partial charge is 0.236 e. The van der Waals surface area contributed by atoms with Gasteiger partial charge in [0.15, 0.2) is 0 Å². The summed E-state index contributed by atoms with van der Waals surface area (Å²) >= 11 is 0. The maximum Gasteiger partial charge on any atom is 0.236 e. The van der Waals surface area contributed by atoms with Crippen LogP contribution < -0.4 is 0 Å². The number of nitrogens with zero attached hydrogens (tertiary/aromatic N) is 3. The molecule has 1 atom stereocenters. The molecule has 2 fully saturated rings. The van der Waals surface area contributed by atoms with Crippen molar-refractivity contribution in [2.75, 3.05) is 59.5 Å². The number of piperidine rings is 1. The van der Waals surface area contributed by atoms with E-state index in [1.54, 1.807) is 0 Å². The van der Waals surface area contributed by atoms with E-state index in [-0.39, 0.29) is 12.5 Å². The van der Waals surface area contributed by atoms with E-state index < -0.39 is 0 Å². The number of hydrogen-bond acceptors (Lipinski definition) is 4. The first-order chi connectivity index (χ1) is 9.69. The second-order valence-electron chi connectivity index (χ2n) is 6.32. The van der Waals surface area contributed by atoms with Crippen LogP contribution in [0.1, 0.15) is 25.7 Å². The number of aliphatic hydroxyl groups is 1. The van der Waals surface area contributed by atoms with Gasteiger partial charge in [-0.3, -0.25) is 9.69 Å². The topological polar surface area (TPSA) is 47.0 Å². The van der Waals surface area contributed by atoms with Crippen molar-refractivity contribution in [2.24, 2.45) is 5.92 Å². The fourth-order valence-electron chi connectivity index (χ4n) is 3.45. The van der Waals surface area contributed by atoms with Crippen LogP contribution in [-0.4, -0.2) is 85.2 Å². The van der Waals surface area contributed by atoms with Crippen LogP contribution in [0.15, 0.2) is 0 Å². The van der Waals surface area contributed by atoms with E-state index >= 15 is 0 Å². The monoisotopic (exact) mass is 283 g/mol. The Hall–Kier alpha value is -0.650. The molecule has 2 saturated heterocycles. The number of hydrogen-bond donors (Lipinski definition) is 1. The molecule has 0 aliphatic carbocycles. The van der Waals surface area contributed by atoms with Crippen LogP contribution in [0.25, 0.3) is 0 Å². The van der Waals surface area contributed by atoms with Gasteiger partial charge in [-0.05, 0) is 45.2 Å². The third-order valence-electron chi connectivity index (χ3n) is 4.45. The van der Waals surface area contributed by atoms with E-state index in [1.165, 1.54) is 12.8 Å². The maximum absolute atomic E-state index is 12.1.